The van der Waals surface area contributed by atoms with E-state index in [9.17, 15) is 9.59 Å². The molecule has 1 heterocycles. The maximum atomic E-state index is 11.5. The van der Waals surface area contributed by atoms with Crippen LogP contribution >= 0.6 is 0 Å². The Balaban J connectivity index is 2.63. The molecule has 1 atom stereocenters. The van der Waals surface area contributed by atoms with Gasteiger partial charge in [-0.1, -0.05) is 0 Å². The molecule has 1 aliphatic rings. The number of ether oxygens (including phenoxy) is 2. The third-order valence-electron chi connectivity index (χ3n) is 2.17. The summed E-state index contributed by atoms with van der Waals surface area (Å²) in [5, 5.41) is 11.4. The number of carbonyl (C=O) groups excluding carboxylic acids is 1. The number of rotatable bonds is 2. The first-order valence-electron chi connectivity index (χ1n) is 5.07. The third-order valence-corrected chi connectivity index (χ3v) is 2.17. The molecule has 92 valence electrons. The summed E-state index contributed by atoms with van der Waals surface area (Å²) in [4.78, 5) is 22.5. The fraction of sp³-hybridized carbons (Fsp3) is 0.800. The van der Waals surface area contributed by atoms with Gasteiger partial charge in [0.2, 0.25) is 0 Å². The molecule has 0 aliphatic carbocycles. The average Bonchev–Trinajstić information content (AvgIpc) is 2.49. The summed E-state index contributed by atoms with van der Waals surface area (Å²) in [6.07, 6.45) is -0.484. The second-order valence-electron chi connectivity index (χ2n) is 4.82. The van der Waals surface area contributed by atoms with Crippen LogP contribution in [0.25, 0.3) is 0 Å². The van der Waals surface area contributed by atoms with Gasteiger partial charge in [-0.2, -0.15) is 0 Å². The molecule has 0 saturated carbocycles. The van der Waals surface area contributed by atoms with Gasteiger partial charge in [0.25, 0.3) is 0 Å². The molecule has 6 nitrogen and oxygen atoms in total. The highest BCUT2D eigenvalue weighted by molar-refractivity contribution is 5.85. The molecular weight excluding hydrogens is 214 g/mol. The van der Waals surface area contributed by atoms with Gasteiger partial charge in [0.15, 0.2) is 5.54 Å². The van der Waals surface area contributed by atoms with Crippen molar-refractivity contribution in [1.29, 1.82) is 0 Å². The van der Waals surface area contributed by atoms with E-state index in [0.717, 1.165) is 0 Å². The minimum atomic E-state index is -1.34. The highest BCUT2D eigenvalue weighted by Crippen LogP contribution is 2.20. The lowest BCUT2D eigenvalue weighted by Crippen LogP contribution is -2.56. The monoisotopic (exact) mass is 231 g/mol. The first-order chi connectivity index (χ1) is 7.25. The summed E-state index contributed by atoms with van der Waals surface area (Å²) in [6.45, 7) is 5.44. The Labute approximate surface area is 93.9 Å². The Morgan fingerprint density at radius 3 is 2.44 bits per heavy atom. The number of amides is 1. The lowest BCUT2D eigenvalue weighted by atomic mass is 10.00. The largest absolute Gasteiger partial charge is 0.479 e. The Hall–Kier alpha value is -1.30. The lowest BCUT2D eigenvalue weighted by molar-refractivity contribution is -0.144. The summed E-state index contributed by atoms with van der Waals surface area (Å²) in [5.41, 5.74) is -1.99. The minimum Gasteiger partial charge on any atom is -0.479 e. The van der Waals surface area contributed by atoms with E-state index in [2.05, 4.69) is 5.32 Å². The second kappa shape index (κ2) is 4.29. The molecular formula is C10H17NO5. The first-order valence-corrected chi connectivity index (χ1v) is 5.07. The summed E-state index contributed by atoms with van der Waals surface area (Å²) < 4.78 is 10.0. The van der Waals surface area contributed by atoms with Crippen LogP contribution in [-0.2, 0) is 14.3 Å². The number of carbonyl (C=O) groups is 2. The van der Waals surface area contributed by atoms with Gasteiger partial charge in [-0.3, -0.25) is 0 Å². The molecule has 0 spiro atoms. The molecule has 1 rings (SSSR count). The number of nitrogens with one attached hydrogen (secondary N) is 1. The lowest BCUT2D eigenvalue weighted by Gasteiger charge is -2.26. The maximum Gasteiger partial charge on any atom is 0.408 e. The van der Waals surface area contributed by atoms with Crippen LogP contribution in [0.2, 0.25) is 0 Å². The SMILES string of the molecule is CC(C)(C)OC(=O)N[C@]1(C(=O)O)CCOC1. The van der Waals surface area contributed by atoms with Crippen molar-refractivity contribution in [2.75, 3.05) is 13.2 Å². The smallest absolute Gasteiger partial charge is 0.408 e. The van der Waals surface area contributed by atoms with Gasteiger partial charge in [0.1, 0.15) is 5.60 Å². The predicted octanol–water partition coefficient (Wildman–Crippen LogP) is 0.755. The van der Waals surface area contributed by atoms with Crippen molar-refractivity contribution in [3.05, 3.63) is 0 Å². The molecule has 1 amide bonds. The van der Waals surface area contributed by atoms with E-state index in [4.69, 9.17) is 14.6 Å². The van der Waals surface area contributed by atoms with E-state index in [1.807, 2.05) is 0 Å². The van der Waals surface area contributed by atoms with Crippen molar-refractivity contribution in [2.24, 2.45) is 0 Å². The van der Waals surface area contributed by atoms with Gasteiger partial charge in [0.05, 0.1) is 6.61 Å². The van der Waals surface area contributed by atoms with Gasteiger partial charge < -0.3 is 19.9 Å². The van der Waals surface area contributed by atoms with Crippen molar-refractivity contribution < 1.29 is 24.2 Å². The molecule has 0 unspecified atom stereocenters. The van der Waals surface area contributed by atoms with Crippen LogP contribution in [0.1, 0.15) is 27.2 Å². The molecule has 16 heavy (non-hydrogen) atoms. The molecule has 0 radical (unpaired) electrons. The highest BCUT2D eigenvalue weighted by Gasteiger charge is 2.44. The quantitative estimate of drug-likeness (QED) is 0.732. The van der Waals surface area contributed by atoms with Crippen LogP contribution in [0.3, 0.4) is 0 Å². The summed E-state index contributed by atoms with van der Waals surface area (Å²) in [5.74, 6) is -1.10. The van der Waals surface area contributed by atoms with E-state index in [1.54, 1.807) is 20.8 Å². The van der Waals surface area contributed by atoms with Crippen molar-refractivity contribution in [2.45, 2.75) is 38.3 Å². The van der Waals surface area contributed by atoms with Gasteiger partial charge in [-0.15, -0.1) is 0 Å². The molecule has 0 aromatic rings. The normalized spacial score (nSPS) is 25.2. The van der Waals surface area contributed by atoms with Crippen LogP contribution in [-0.4, -0.2) is 41.5 Å². The second-order valence-corrected chi connectivity index (χ2v) is 4.82. The molecule has 6 heteroatoms. The number of hydrogen-bond acceptors (Lipinski definition) is 4. The summed E-state index contributed by atoms with van der Waals surface area (Å²) in [7, 11) is 0. The fourth-order valence-corrected chi connectivity index (χ4v) is 1.38. The molecule has 0 bridgehead atoms. The molecule has 1 saturated heterocycles. The Kier molecular flexibility index (Phi) is 3.42. The predicted molar refractivity (Wildman–Crippen MR) is 55.2 cm³/mol. The van der Waals surface area contributed by atoms with Gasteiger partial charge >= 0.3 is 12.1 Å². The summed E-state index contributed by atoms with van der Waals surface area (Å²) >= 11 is 0. The number of hydrogen-bond donors (Lipinski definition) is 2. The Morgan fingerprint density at radius 2 is 2.06 bits per heavy atom. The van der Waals surface area contributed by atoms with Crippen LogP contribution in [0.5, 0.6) is 0 Å². The number of carboxylic acids is 1. The van der Waals surface area contributed by atoms with E-state index >= 15 is 0 Å². The third kappa shape index (κ3) is 3.10. The van der Waals surface area contributed by atoms with Gasteiger partial charge in [0, 0.05) is 13.0 Å². The zero-order valence-corrected chi connectivity index (χ0v) is 9.70. The fourth-order valence-electron chi connectivity index (χ4n) is 1.38. The van der Waals surface area contributed by atoms with Gasteiger partial charge in [-0.05, 0) is 20.8 Å². The van der Waals surface area contributed by atoms with Crippen molar-refractivity contribution >= 4 is 12.1 Å². The van der Waals surface area contributed by atoms with E-state index in [1.165, 1.54) is 0 Å². The van der Waals surface area contributed by atoms with Crippen molar-refractivity contribution in [1.82, 2.24) is 5.32 Å². The number of carboxylic acid groups (broad SMARTS) is 1. The molecule has 0 aromatic heterocycles. The zero-order valence-electron chi connectivity index (χ0n) is 9.70. The van der Waals surface area contributed by atoms with E-state index in [0.29, 0.717) is 6.61 Å². The van der Waals surface area contributed by atoms with E-state index < -0.39 is 23.2 Å². The standard InChI is InChI=1S/C10H17NO5/c1-9(2,3)16-8(14)11-10(7(12)13)4-5-15-6-10/h4-6H2,1-3H3,(H,11,14)(H,12,13)/t10-/m1/s1. The number of alkyl carbamates (subject to hydrolysis) is 1. The number of aliphatic carboxylic acids is 1. The van der Waals surface area contributed by atoms with Crippen molar-refractivity contribution in [3.63, 3.8) is 0 Å². The topological polar surface area (TPSA) is 84.9 Å². The molecule has 1 aliphatic heterocycles. The van der Waals surface area contributed by atoms with Gasteiger partial charge in [-0.25, -0.2) is 9.59 Å². The average molecular weight is 231 g/mol. The van der Waals surface area contributed by atoms with Crippen molar-refractivity contribution in [3.8, 4) is 0 Å². The molecule has 0 aromatic carbocycles. The van der Waals surface area contributed by atoms with Crippen LogP contribution in [0.15, 0.2) is 0 Å². The van der Waals surface area contributed by atoms with E-state index in [-0.39, 0.29) is 13.0 Å². The summed E-state index contributed by atoms with van der Waals surface area (Å²) in [6, 6.07) is 0. The van der Waals surface area contributed by atoms with Crippen LogP contribution in [0, 0.1) is 0 Å². The molecule has 1 fully saturated rings. The zero-order chi connectivity index (χ0) is 12.4. The highest BCUT2D eigenvalue weighted by atomic mass is 16.6. The minimum absolute atomic E-state index is 0.0262. The Morgan fingerprint density at radius 1 is 1.44 bits per heavy atom. The first kappa shape index (κ1) is 12.8. The molecule has 2 N–H and O–H groups in total. The van der Waals surface area contributed by atoms with Crippen LogP contribution < -0.4 is 5.32 Å². The maximum absolute atomic E-state index is 11.5. The van der Waals surface area contributed by atoms with Crippen LogP contribution in [0.4, 0.5) is 4.79 Å². The Bertz CT molecular complexity index is 288.